The van der Waals surface area contributed by atoms with Gasteiger partial charge in [-0.25, -0.2) is 4.79 Å². The maximum atomic E-state index is 11.8. The number of carbonyl (C=O) groups excluding carboxylic acids is 1. The Hall–Kier alpha value is -2.73. The van der Waals surface area contributed by atoms with Gasteiger partial charge in [-0.2, -0.15) is 0 Å². The van der Waals surface area contributed by atoms with E-state index in [0.717, 1.165) is 12.2 Å². The van der Waals surface area contributed by atoms with Crippen LogP contribution in [0.3, 0.4) is 0 Å². The number of hydrogen-bond acceptors (Lipinski definition) is 14. The molecule has 2 rings (SSSR count). The van der Waals surface area contributed by atoms with Gasteiger partial charge in [-0.15, -0.1) is 0 Å². The van der Waals surface area contributed by atoms with Gasteiger partial charge in [0.25, 0.3) is 0 Å². The first-order chi connectivity index (χ1) is 29.3. The average molecular weight is 839 g/mol. The topological polar surface area (TPSA) is 137 Å². The van der Waals surface area contributed by atoms with Gasteiger partial charge >= 0.3 is 5.97 Å². The zero-order chi connectivity index (χ0) is 41.8. The Morgan fingerprint density at radius 2 is 0.712 bits per heavy atom. The smallest absolute Gasteiger partial charge is 0.338 e. The Morgan fingerprint density at radius 3 is 1.10 bits per heavy atom. The number of carbonyl (C=O) groups is 1. The number of unbranched alkanes of at least 4 members (excludes halogenated alkanes) is 5. The summed E-state index contributed by atoms with van der Waals surface area (Å²) in [5.41, 5.74) is 1.90. The molecule has 0 saturated carbocycles. The molecule has 14 heteroatoms. The van der Waals surface area contributed by atoms with Crippen molar-refractivity contribution in [2.75, 3.05) is 159 Å². The van der Waals surface area contributed by atoms with E-state index in [4.69, 9.17) is 61.6 Å². The molecule has 0 N–H and O–H groups in total. The fourth-order valence-electron chi connectivity index (χ4n) is 5.23. The van der Waals surface area contributed by atoms with Gasteiger partial charge in [-0.05, 0) is 42.7 Å². The van der Waals surface area contributed by atoms with E-state index in [0.29, 0.717) is 158 Å². The molecule has 338 valence electrons. The molecule has 0 saturated heterocycles. The van der Waals surface area contributed by atoms with Gasteiger partial charge in [0.1, 0.15) is 19.0 Å². The Labute approximate surface area is 353 Å². The van der Waals surface area contributed by atoms with Crippen molar-refractivity contribution in [1.82, 2.24) is 0 Å². The molecule has 0 unspecified atom stereocenters. The van der Waals surface area contributed by atoms with E-state index < -0.39 is 0 Å². The van der Waals surface area contributed by atoms with Crippen LogP contribution in [0.25, 0.3) is 0 Å². The van der Waals surface area contributed by atoms with E-state index in [2.05, 4.69) is 19.1 Å². The largest absolute Gasteiger partial charge is 0.491 e. The van der Waals surface area contributed by atoms with Crippen molar-refractivity contribution >= 4 is 5.97 Å². The van der Waals surface area contributed by atoms with E-state index in [-0.39, 0.29) is 12.6 Å². The first kappa shape index (κ1) is 52.4. The van der Waals surface area contributed by atoms with Crippen molar-refractivity contribution < 1.29 is 66.4 Å². The van der Waals surface area contributed by atoms with Gasteiger partial charge in [0.15, 0.2) is 0 Å². The molecule has 0 bridgehead atoms. The van der Waals surface area contributed by atoms with Gasteiger partial charge in [-0.1, -0.05) is 69.4 Å². The second-order valence-corrected chi connectivity index (χ2v) is 13.2. The van der Waals surface area contributed by atoms with Crippen LogP contribution in [0.1, 0.15) is 61.4 Å². The number of ether oxygens (including phenoxy) is 13. The Morgan fingerprint density at radius 1 is 0.373 bits per heavy atom. The van der Waals surface area contributed by atoms with Crippen LogP contribution in [0.5, 0.6) is 5.75 Å². The second kappa shape index (κ2) is 42.0. The van der Waals surface area contributed by atoms with Crippen molar-refractivity contribution in [3.63, 3.8) is 0 Å². The van der Waals surface area contributed by atoms with Gasteiger partial charge in [-0.3, -0.25) is 0 Å². The Bertz CT molecular complexity index is 1160. The normalized spacial score (nSPS) is 11.3. The lowest BCUT2D eigenvalue weighted by Crippen LogP contribution is -2.16. The maximum Gasteiger partial charge on any atom is 0.338 e. The third-order valence-electron chi connectivity index (χ3n) is 8.43. The summed E-state index contributed by atoms with van der Waals surface area (Å²) in [6.07, 6.45) is 9.06. The summed E-state index contributed by atoms with van der Waals surface area (Å²) in [7, 11) is 0. The van der Waals surface area contributed by atoms with Crippen LogP contribution in [0.4, 0.5) is 0 Å². The summed E-state index contributed by atoms with van der Waals surface area (Å²) in [5.74, 6) is 0.524. The molecule has 0 aliphatic heterocycles. The van der Waals surface area contributed by atoms with Gasteiger partial charge in [0.2, 0.25) is 0 Å². The molecule has 0 fully saturated rings. The molecular formula is C45H74O14. The molecule has 0 aromatic heterocycles. The number of esters is 1. The number of benzene rings is 2. The highest BCUT2D eigenvalue weighted by Crippen LogP contribution is 2.15. The van der Waals surface area contributed by atoms with Crippen molar-refractivity contribution in [1.29, 1.82) is 0 Å². The lowest BCUT2D eigenvalue weighted by Gasteiger charge is -2.09. The van der Waals surface area contributed by atoms with Crippen LogP contribution in [-0.2, 0) is 63.3 Å². The standard InChI is InChI=1S/C45H74O14/c1-2-3-4-5-6-8-11-42-14-16-44(17-15-42)58-40-38-56-36-34-54-32-30-52-28-26-50-24-22-48-20-18-47-19-21-49-23-25-51-27-29-53-31-33-55-35-37-57-39-41-59-45(46)43-12-9-7-10-13-43/h7,9-10,12-17H,2-6,8,11,18-41H2,1H3. The zero-order valence-electron chi connectivity index (χ0n) is 35.8. The zero-order valence-corrected chi connectivity index (χ0v) is 35.8. The number of hydrogen-bond donors (Lipinski definition) is 0. The summed E-state index contributed by atoms with van der Waals surface area (Å²) in [6, 6.07) is 17.3. The molecule has 0 aliphatic rings. The molecular weight excluding hydrogens is 764 g/mol. The molecule has 0 aliphatic carbocycles. The quantitative estimate of drug-likeness (QED) is 0.0569. The van der Waals surface area contributed by atoms with Crippen LogP contribution in [0.2, 0.25) is 0 Å². The second-order valence-electron chi connectivity index (χ2n) is 13.2. The van der Waals surface area contributed by atoms with Crippen LogP contribution in [0, 0.1) is 0 Å². The van der Waals surface area contributed by atoms with E-state index in [9.17, 15) is 4.79 Å². The third kappa shape index (κ3) is 34.7. The fourth-order valence-corrected chi connectivity index (χ4v) is 5.23. The van der Waals surface area contributed by atoms with Crippen LogP contribution in [-0.4, -0.2) is 165 Å². The van der Waals surface area contributed by atoms with Crippen molar-refractivity contribution in [2.45, 2.75) is 51.9 Å². The molecule has 0 atom stereocenters. The summed E-state index contributed by atoms with van der Waals surface area (Å²) in [5, 5.41) is 0. The van der Waals surface area contributed by atoms with Crippen LogP contribution < -0.4 is 4.74 Å². The van der Waals surface area contributed by atoms with Gasteiger partial charge in [0.05, 0.1) is 151 Å². The minimum absolute atomic E-state index is 0.200. The van der Waals surface area contributed by atoms with Crippen LogP contribution >= 0.6 is 0 Å². The van der Waals surface area contributed by atoms with Crippen molar-refractivity contribution in [3.05, 3.63) is 65.7 Å². The first-order valence-corrected chi connectivity index (χ1v) is 21.6. The lowest BCUT2D eigenvalue weighted by molar-refractivity contribution is -0.0282. The minimum Gasteiger partial charge on any atom is -0.491 e. The molecule has 2 aromatic carbocycles. The highest BCUT2D eigenvalue weighted by atomic mass is 16.6. The molecule has 0 radical (unpaired) electrons. The molecule has 0 spiro atoms. The summed E-state index contributed by atoms with van der Waals surface area (Å²) >= 11 is 0. The van der Waals surface area contributed by atoms with Gasteiger partial charge < -0.3 is 61.6 Å². The van der Waals surface area contributed by atoms with Crippen molar-refractivity contribution in [2.24, 2.45) is 0 Å². The summed E-state index contributed by atoms with van der Waals surface area (Å²) < 4.78 is 71.5. The van der Waals surface area contributed by atoms with E-state index in [1.807, 2.05) is 18.2 Å². The lowest BCUT2D eigenvalue weighted by atomic mass is 10.0. The predicted octanol–water partition coefficient (Wildman–Crippen LogP) is 6.01. The summed E-state index contributed by atoms with van der Waals surface area (Å²) in [6.45, 7) is 13.6. The molecule has 59 heavy (non-hydrogen) atoms. The SMILES string of the molecule is CCCCCCCCc1ccc(OCCOCCOCCOCCOCCOCCOCCOCCOCCOCCOCCOCCOC(=O)c2ccccc2)cc1. The highest BCUT2D eigenvalue weighted by molar-refractivity contribution is 5.89. The Balaban J connectivity index is 1.16. The monoisotopic (exact) mass is 839 g/mol. The number of rotatable bonds is 45. The van der Waals surface area contributed by atoms with Crippen LogP contribution in [0.15, 0.2) is 54.6 Å². The highest BCUT2D eigenvalue weighted by Gasteiger charge is 2.05. The van der Waals surface area contributed by atoms with E-state index in [1.165, 1.54) is 44.1 Å². The maximum absolute atomic E-state index is 11.8. The summed E-state index contributed by atoms with van der Waals surface area (Å²) in [4.78, 5) is 11.8. The van der Waals surface area contributed by atoms with E-state index >= 15 is 0 Å². The van der Waals surface area contributed by atoms with E-state index in [1.54, 1.807) is 24.3 Å². The minimum atomic E-state index is -0.357. The predicted molar refractivity (Wildman–Crippen MR) is 225 cm³/mol. The molecule has 0 heterocycles. The van der Waals surface area contributed by atoms with Gasteiger partial charge in [0, 0.05) is 0 Å². The molecule has 14 nitrogen and oxygen atoms in total. The fraction of sp³-hybridized carbons (Fsp3) is 0.711. The molecule has 0 amide bonds. The average Bonchev–Trinajstić information content (AvgIpc) is 3.26. The third-order valence-corrected chi connectivity index (χ3v) is 8.43. The first-order valence-electron chi connectivity index (χ1n) is 21.6. The Kier molecular flexibility index (Phi) is 37.3. The van der Waals surface area contributed by atoms with Crippen molar-refractivity contribution in [3.8, 4) is 5.75 Å². The molecule has 2 aromatic rings. The number of aryl methyl sites for hydroxylation is 1.